The maximum absolute atomic E-state index is 12.7. The number of hydrogen-bond acceptors (Lipinski definition) is 4. The van der Waals surface area contributed by atoms with Gasteiger partial charge in [-0.2, -0.15) is 5.26 Å². The zero-order chi connectivity index (χ0) is 15.5. The Bertz CT molecular complexity index is 606. The van der Waals surface area contributed by atoms with Crippen molar-refractivity contribution in [2.45, 2.75) is 32.6 Å². The highest BCUT2D eigenvalue weighted by atomic mass is 16.6. The molecule has 0 bridgehead atoms. The van der Waals surface area contributed by atoms with Crippen molar-refractivity contribution in [2.24, 2.45) is 11.3 Å². The number of benzene rings is 1. The van der Waals surface area contributed by atoms with Crippen LogP contribution in [-0.4, -0.2) is 17.3 Å². The fraction of sp³-hybridized carbons (Fsp3) is 0.500. The molecule has 0 radical (unpaired) electrons. The number of fused-ring (bicyclic) bond motifs is 1. The number of nitriles is 1. The van der Waals surface area contributed by atoms with Gasteiger partial charge >= 0.3 is 0 Å². The van der Waals surface area contributed by atoms with Crippen LogP contribution in [0.2, 0.25) is 0 Å². The lowest BCUT2D eigenvalue weighted by Gasteiger charge is -2.27. The molecule has 2 rings (SSSR count). The third kappa shape index (κ3) is 2.66. The van der Waals surface area contributed by atoms with Crippen LogP contribution in [0.1, 0.15) is 42.1 Å². The van der Waals surface area contributed by atoms with Crippen molar-refractivity contribution >= 4 is 5.78 Å². The standard InChI is InChI=1S/C16H18N2O3/c1-2-3-7-13(10-18(20)21)16(11-17)9-12-6-4-5-8-14(12)15(16)19/h4-6,8,13H,2-3,7,9-10H2,1H3. The van der Waals surface area contributed by atoms with Gasteiger partial charge in [-0.05, 0) is 18.4 Å². The Hall–Kier alpha value is -2.22. The summed E-state index contributed by atoms with van der Waals surface area (Å²) in [7, 11) is 0. The van der Waals surface area contributed by atoms with Gasteiger partial charge < -0.3 is 0 Å². The number of ketones is 1. The van der Waals surface area contributed by atoms with Crippen molar-refractivity contribution in [1.29, 1.82) is 5.26 Å². The third-order valence-electron chi connectivity index (χ3n) is 4.31. The Balaban J connectivity index is 2.39. The van der Waals surface area contributed by atoms with Gasteiger partial charge in [-0.15, -0.1) is 0 Å². The lowest BCUT2D eigenvalue weighted by Crippen LogP contribution is -2.39. The van der Waals surface area contributed by atoms with Gasteiger partial charge in [0.25, 0.3) is 0 Å². The number of Topliss-reactive ketones (excluding diaryl/α,β-unsaturated/α-hetero) is 1. The van der Waals surface area contributed by atoms with E-state index >= 15 is 0 Å². The minimum absolute atomic E-state index is 0.247. The average Bonchev–Trinajstić information content (AvgIpc) is 2.77. The van der Waals surface area contributed by atoms with Gasteiger partial charge in [0, 0.05) is 10.5 Å². The molecular weight excluding hydrogens is 268 g/mol. The third-order valence-corrected chi connectivity index (χ3v) is 4.31. The molecule has 110 valence electrons. The number of carbonyl (C=O) groups is 1. The second-order valence-electron chi connectivity index (χ2n) is 5.60. The van der Waals surface area contributed by atoms with E-state index in [2.05, 4.69) is 6.07 Å². The number of nitrogens with zero attached hydrogens (tertiary/aromatic N) is 2. The molecule has 1 aliphatic rings. The first-order valence-electron chi connectivity index (χ1n) is 7.21. The van der Waals surface area contributed by atoms with Crippen LogP contribution in [0.4, 0.5) is 0 Å². The predicted octanol–water partition coefficient (Wildman–Crippen LogP) is 3.02. The minimum atomic E-state index is -1.27. The molecule has 1 aromatic carbocycles. The molecule has 1 aromatic rings. The van der Waals surface area contributed by atoms with E-state index in [1.54, 1.807) is 12.1 Å². The Morgan fingerprint density at radius 1 is 1.48 bits per heavy atom. The monoisotopic (exact) mass is 286 g/mol. The Morgan fingerprint density at radius 3 is 2.76 bits per heavy atom. The maximum Gasteiger partial charge on any atom is 0.208 e. The molecule has 5 nitrogen and oxygen atoms in total. The van der Waals surface area contributed by atoms with E-state index < -0.39 is 16.3 Å². The van der Waals surface area contributed by atoms with Crippen molar-refractivity contribution in [3.05, 3.63) is 45.5 Å². The summed E-state index contributed by atoms with van der Waals surface area (Å²) in [6.07, 6.45) is 2.49. The van der Waals surface area contributed by atoms with Crippen LogP contribution in [-0.2, 0) is 6.42 Å². The number of nitro groups is 1. The Kier molecular flexibility index (Phi) is 4.37. The Morgan fingerprint density at radius 2 is 2.19 bits per heavy atom. The Labute approximate surface area is 123 Å². The largest absolute Gasteiger partial charge is 0.292 e. The SMILES string of the molecule is CCCCC(C[N+](=O)[O-])C1(C#N)Cc2ccccc2C1=O. The van der Waals surface area contributed by atoms with Gasteiger partial charge in [0.2, 0.25) is 6.54 Å². The summed E-state index contributed by atoms with van der Waals surface area (Å²) in [6, 6.07) is 9.26. The number of carbonyl (C=O) groups excluding carboxylic acids is 1. The first kappa shape index (κ1) is 15.2. The molecule has 5 heteroatoms. The van der Waals surface area contributed by atoms with E-state index in [0.717, 1.165) is 18.4 Å². The predicted molar refractivity (Wildman–Crippen MR) is 77.4 cm³/mol. The molecule has 0 aromatic heterocycles. The first-order valence-corrected chi connectivity index (χ1v) is 7.21. The zero-order valence-corrected chi connectivity index (χ0v) is 12.0. The molecule has 0 amide bonds. The van der Waals surface area contributed by atoms with Crippen molar-refractivity contribution in [3.63, 3.8) is 0 Å². The van der Waals surface area contributed by atoms with E-state index in [1.807, 2.05) is 19.1 Å². The lowest BCUT2D eigenvalue weighted by atomic mass is 9.71. The van der Waals surface area contributed by atoms with E-state index in [0.29, 0.717) is 18.4 Å². The molecule has 0 aliphatic heterocycles. The molecule has 2 unspecified atom stereocenters. The number of hydrogen-bond donors (Lipinski definition) is 0. The van der Waals surface area contributed by atoms with Crippen LogP contribution < -0.4 is 0 Å². The summed E-state index contributed by atoms with van der Waals surface area (Å²) in [5.41, 5.74) is 0.101. The van der Waals surface area contributed by atoms with Gasteiger partial charge in [-0.3, -0.25) is 14.9 Å². The fourth-order valence-electron chi connectivity index (χ4n) is 3.15. The smallest absolute Gasteiger partial charge is 0.208 e. The molecule has 1 aliphatic carbocycles. The molecule has 0 N–H and O–H groups in total. The zero-order valence-electron chi connectivity index (χ0n) is 12.0. The molecule has 0 heterocycles. The lowest BCUT2D eigenvalue weighted by molar-refractivity contribution is -0.490. The summed E-state index contributed by atoms with van der Waals surface area (Å²) in [5, 5.41) is 20.6. The minimum Gasteiger partial charge on any atom is -0.292 e. The van der Waals surface area contributed by atoms with Gasteiger partial charge in [0.15, 0.2) is 5.78 Å². The van der Waals surface area contributed by atoms with E-state index in [-0.39, 0.29) is 12.3 Å². The first-order chi connectivity index (χ1) is 10.0. The van der Waals surface area contributed by atoms with Gasteiger partial charge in [0.05, 0.1) is 12.0 Å². The molecule has 21 heavy (non-hydrogen) atoms. The van der Waals surface area contributed by atoms with Crippen LogP contribution >= 0.6 is 0 Å². The summed E-state index contributed by atoms with van der Waals surface area (Å²) < 4.78 is 0. The van der Waals surface area contributed by atoms with E-state index in [4.69, 9.17) is 0 Å². The highest BCUT2D eigenvalue weighted by Gasteiger charge is 2.52. The van der Waals surface area contributed by atoms with E-state index in [1.165, 1.54) is 0 Å². The summed E-state index contributed by atoms with van der Waals surface area (Å²) in [5.74, 6) is -0.777. The van der Waals surface area contributed by atoms with E-state index in [9.17, 15) is 20.2 Å². The van der Waals surface area contributed by atoms with Crippen molar-refractivity contribution in [3.8, 4) is 6.07 Å². The van der Waals surface area contributed by atoms with Gasteiger partial charge in [-0.1, -0.05) is 44.0 Å². The number of unbranched alkanes of at least 4 members (excludes halogenated alkanes) is 1. The van der Waals surface area contributed by atoms with Crippen LogP contribution in [0.25, 0.3) is 0 Å². The molecule has 0 saturated carbocycles. The average molecular weight is 286 g/mol. The molecular formula is C16H18N2O3. The highest BCUT2D eigenvalue weighted by molar-refractivity contribution is 6.06. The quantitative estimate of drug-likeness (QED) is 0.594. The fourth-order valence-corrected chi connectivity index (χ4v) is 3.15. The van der Waals surface area contributed by atoms with Crippen LogP contribution in [0, 0.1) is 32.8 Å². The van der Waals surface area contributed by atoms with Gasteiger partial charge in [-0.25, -0.2) is 0 Å². The summed E-state index contributed by atoms with van der Waals surface area (Å²) in [6.45, 7) is 1.67. The second-order valence-corrected chi connectivity index (χ2v) is 5.60. The summed E-state index contributed by atoms with van der Waals surface area (Å²) >= 11 is 0. The molecule has 0 saturated heterocycles. The normalized spacial score (nSPS) is 21.6. The van der Waals surface area contributed by atoms with Gasteiger partial charge in [0.1, 0.15) is 5.41 Å². The summed E-state index contributed by atoms with van der Waals surface area (Å²) in [4.78, 5) is 23.2. The second kappa shape index (κ2) is 6.04. The van der Waals surface area contributed by atoms with Crippen molar-refractivity contribution < 1.29 is 9.72 Å². The molecule has 0 fully saturated rings. The highest BCUT2D eigenvalue weighted by Crippen LogP contribution is 2.44. The van der Waals surface area contributed by atoms with Crippen LogP contribution in [0.3, 0.4) is 0 Å². The maximum atomic E-state index is 12.7. The van der Waals surface area contributed by atoms with Crippen LogP contribution in [0.5, 0.6) is 0 Å². The number of rotatable bonds is 6. The van der Waals surface area contributed by atoms with Crippen LogP contribution in [0.15, 0.2) is 24.3 Å². The molecule has 2 atom stereocenters. The molecule has 0 spiro atoms. The van der Waals surface area contributed by atoms with Crippen molar-refractivity contribution in [1.82, 2.24) is 0 Å². The topological polar surface area (TPSA) is 84.0 Å². The van der Waals surface area contributed by atoms with Crippen molar-refractivity contribution in [2.75, 3.05) is 6.54 Å².